The lowest BCUT2D eigenvalue weighted by molar-refractivity contribution is -0.118. The van der Waals surface area contributed by atoms with E-state index < -0.39 is 0 Å². The van der Waals surface area contributed by atoms with Gasteiger partial charge >= 0.3 is 0 Å². The molecule has 0 aliphatic rings. The molecule has 1 N–H and O–H groups in total. The van der Waals surface area contributed by atoms with E-state index in [-0.39, 0.29) is 12.5 Å². The maximum atomic E-state index is 12.1. The summed E-state index contributed by atoms with van der Waals surface area (Å²) >= 11 is 0. The van der Waals surface area contributed by atoms with Crippen LogP contribution in [0.5, 0.6) is 17.4 Å². The Bertz CT molecular complexity index is 878. The Morgan fingerprint density at radius 1 is 0.962 bits per heavy atom. The number of benzene rings is 2. The molecular weight excluding hydrogens is 328 g/mol. The first-order chi connectivity index (χ1) is 12.6. The average Bonchev–Trinajstić information content (AvgIpc) is 2.66. The van der Waals surface area contributed by atoms with Gasteiger partial charge in [0.2, 0.25) is 5.88 Å². The molecule has 2 aromatic carbocycles. The number of nitrogens with one attached hydrogen (secondary N) is 1. The van der Waals surface area contributed by atoms with E-state index in [1.165, 1.54) is 0 Å². The molecule has 3 aromatic rings. The zero-order chi connectivity index (χ0) is 18.4. The summed E-state index contributed by atoms with van der Waals surface area (Å²) in [7, 11) is 0. The fraction of sp³-hybridized carbons (Fsp3) is 0.143. The van der Waals surface area contributed by atoms with E-state index in [1.54, 1.807) is 36.5 Å². The molecule has 1 aromatic heterocycles. The Morgan fingerprint density at radius 3 is 2.46 bits per heavy atom. The zero-order valence-electron chi connectivity index (χ0n) is 14.7. The second-order valence-corrected chi connectivity index (χ2v) is 5.83. The van der Waals surface area contributed by atoms with Gasteiger partial charge in [-0.1, -0.05) is 18.2 Å². The van der Waals surface area contributed by atoms with Crippen LogP contribution in [-0.2, 0) is 4.79 Å². The van der Waals surface area contributed by atoms with E-state index in [9.17, 15) is 4.79 Å². The van der Waals surface area contributed by atoms with Crippen molar-refractivity contribution < 1.29 is 14.3 Å². The monoisotopic (exact) mass is 348 g/mol. The number of carbonyl (C=O) groups excluding carboxylic acids is 1. The van der Waals surface area contributed by atoms with Crippen LogP contribution in [0.2, 0.25) is 0 Å². The molecule has 26 heavy (non-hydrogen) atoms. The third kappa shape index (κ3) is 4.60. The zero-order valence-corrected chi connectivity index (χ0v) is 14.7. The molecule has 0 bridgehead atoms. The maximum absolute atomic E-state index is 12.1. The van der Waals surface area contributed by atoms with Crippen LogP contribution in [0.25, 0.3) is 0 Å². The van der Waals surface area contributed by atoms with E-state index in [0.29, 0.717) is 17.4 Å². The van der Waals surface area contributed by atoms with Gasteiger partial charge in [0.25, 0.3) is 5.91 Å². The van der Waals surface area contributed by atoms with Crippen molar-refractivity contribution in [1.82, 2.24) is 4.98 Å². The normalized spacial score (nSPS) is 10.2. The van der Waals surface area contributed by atoms with Crippen molar-refractivity contribution in [1.29, 1.82) is 0 Å². The topological polar surface area (TPSA) is 60.5 Å². The fourth-order valence-electron chi connectivity index (χ4n) is 2.35. The first-order valence-corrected chi connectivity index (χ1v) is 8.29. The van der Waals surface area contributed by atoms with Gasteiger partial charge in [-0.25, -0.2) is 4.98 Å². The molecule has 0 radical (unpaired) electrons. The summed E-state index contributed by atoms with van der Waals surface area (Å²) in [5.74, 6) is 1.56. The second-order valence-electron chi connectivity index (χ2n) is 5.83. The van der Waals surface area contributed by atoms with Crippen molar-refractivity contribution in [3.05, 3.63) is 78.0 Å². The first kappa shape index (κ1) is 17.5. The molecule has 0 aliphatic carbocycles. The highest BCUT2D eigenvalue weighted by atomic mass is 16.5. The summed E-state index contributed by atoms with van der Waals surface area (Å²) in [6.07, 6.45) is 1.67. The van der Waals surface area contributed by atoms with Crippen LogP contribution in [0.3, 0.4) is 0 Å². The van der Waals surface area contributed by atoms with Crippen LogP contribution < -0.4 is 14.8 Å². The van der Waals surface area contributed by atoms with Gasteiger partial charge in [-0.3, -0.25) is 4.79 Å². The number of hydrogen-bond acceptors (Lipinski definition) is 4. The van der Waals surface area contributed by atoms with Crippen LogP contribution in [0.4, 0.5) is 5.69 Å². The van der Waals surface area contributed by atoms with Gasteiger partial charge in [-0.15, -0.1) is 0 Å². The molecule has 1 amide bonds. The first-order valence-electron chi connectivity index (χ1n) is 8.29. The second kappa shape index (κ2) is 8.16. The minimum atomic E-state index is -0.201. The Balaban J connectivity index is 1.53. The quantitative estimate of drug-likeness (QED) is 0.712. The Kier molecular flexibility index (Phi) is 5.49. The summed E-state index contributed by atoms with van der Waals surface area (Å²) in [5, 5.41) is 2.87. The minimum Gasteiger partial charge on any atom is -0.484 e. The Hall–Kier alpha value is -3.34. The number of aromatic nitrogens is 1. The number of ether oxygens (including phenoxy) is 2. The summed E-state index contributed by atoms with van der Waals surface area (Å²) in [5.41, 5.74) is 2.99. The number of aryl methyl sites for hydroxylation is 1. The lowest BCUT2D eigenvalue weighted by Crippen LogP contribution is -2.20. The van der Waals surface area contributed by atoms with Crippen molar-refractivity contribution in [3.8, 4) is 17.4 Å². The highest BCUT2D eigenvalue weighted by Crippen LogP contribution is 2.22. The SMILES string of the molecule is Cc1cccc(NC(=O)COc2ccc(Oc3ccccn3)cc2)c1C. The van der Waals surface area contributed by atoms with Crippen LogP contribution in [-0.4, -0.2) is 17.5 Å². The molecule has 3 rings (SSSR count). The summed E-state index contributed by atoms with van der Waals surface area (Å²) < 4.78 is 11.1. The highest BCUT2D eigenvalue weighted by Gasteiger charge is 2.07. The number of nitrogens with zero attached hydrogens (tertiary/aromatic N) is 1. The van der Waals surface area contributed by atoms with Crippen molar-refractivity contribution in [2.45, 2.75) is 13.8 Å². The van der Waals surface area contributed by atoms with Gasteiger partial charge < -0.3 is 14.8 Å². The van der Waals surface area contributed by atoms with Crippen molar-refractivity contribution in [3.63, 3.8) is 0 Å². The van der Waals surface area contributed by atoms with E-state index in [1.807, 2.05) is 44.2 Å². The lowest BCUT2D eigenvalue weighted by atomic mass is 10.1. The molecule has 1 heterocycles. The van der Waals surface area contributed by atoms with Gasteiger partial charge in [-0.2, -0.15) is 0 Å². The van der Waals surface area contributed by atoms with Gasteiger partial charge in [-0.05, 0) is 61.4 Å². The number of anilines is 1. The third-order valence-corrected chi connectivity index (χ3v) is 3.93. The number of rotatable bonds is 6. The molecule has 0 spiro atoms. The Morgan fingerprint density at radius 2 is 1.73 bits per heavy atom. The highest BCUT2D eigenvalue weighted by molar-refractivity contribution is 5.92. The van der Waals surface area contributed by atoms with Crippen LogP contribution in [0, 0.1) is 13.8 Å². The molecule has 0 fully saturated rings. The van der Waals surface area contributed by atoms with E-state index in [4.69, 9.17) is 9.47 Å². The molecule has 0 saturated heterocycles. The molecule has 0 aliphatic heterocycles. The van der Waals surface area contributed by atoms with Crippen molar-refractivity contribution >= 4 is 11.6 Å². The smallest absolute Gasteiger partial charge is 0.262 e. The maximum Gasteiger partial charge on any atom is 0.262 e. The van der Waals surface area contributed by atoms with Crippen LogP contribution in [0.15, 0.2) is 66.9 Å². The van der Waals surface area contributed by atoms with Crippen LogP contribution in [0.1, 0.15) is 11.1 Å². The summed E-state index contributed by atoms with van der Waals surface area (Å²) in [4.78, 5) is 16.2. The van der Waals surface area contributed by atoms with Gasteiger partial charge in [0.15, 0.2) is 6.61 Å². The molecule has 0 atom stereocenters. The average molecular weight is 348 g/mol. The number of carbonyl (C=O) groups is 1. The van der Waals surface area contributed by atoms with E-state index in [2.05, 4.69) is 10.3 Å². The Labute approximate surface area is 152 Å². The van der Waals surface area contributed by atoms with Gasteiger partial charge in [0.1, 0.15) is 11.5 Å². The standard InChI is InChI=1S/C21H20N2O3/c1-15-6-5-7-19(16(15)2)23-20(24)14-25-17-9-11-18(12-10-17)26-21-8-3-4-13-22-21/h3-13H,14H2,1-2H3,(H,23,24). The number of amides is 1. The molecule has 0 saturated carbocycles. The van der Waals surface area contributed by atoms with Crippen molar-refractivity contribution in [2.75, 3.05) is 11.9 Å². The van der Waals surface area contributed by atoms with Crippen molar-refractivity contribution in [2.24, 2.45) is 0 Å². The lowest BCUT2D eigenvalue weighted by Gasteiger charge is -2.11. The fourth-order valence-corrected chi connectivity index (χ4v) is 2.35. The predicted molar refractivity (Wildman–Crippen MR) is 101 cm³/mol. The van der Waals surface area contributed by atoms with E-state index in [0.717, 1.165) is 16.8 Å². The van der Waals surface area contributed by atoms with E-state index >= 15 is 0 Å². The molecule has 5 heteroatoms. The predicted octanol–water partition coefficient (Wildman–Crippen LogP) is 4.51. The largest absolute Gasteiger partial charge is 0.484 e. The molecule has 0 unspecified atom stereocenters. The molecule has 5 nitrogen and oxygen atoms in total. The summed E-state index contributed by atoms with van der Waals surface area (Å²) in [6.45, 7) is 3.93. The summed E-state index contributed by atoms with van der Waals surface area (Å²) in [6, 6.07) is 18.3. The number of hydrogen-bond donors (Lipinski definition) is 1. The number of pyridine rings is 1. The molecule has 132 valence electrons. The van der Waals surface area contributed by atoms with Crippen LogP contribution >= 0.6 is 0 Å². The minimum absolute atomic E-state index is 0.0617. The van der Waals surface area contributed by atoms with Gasteiger partial charge in [0, 0.05) is 18.0 Å². The molecular formula is C21H20N2O3. The van der Waals surface area contributed by atoms with Gasteiger partial charge in [0.05, 0.1) is 0 Å². The third-order valence-electron chi connectivity index (χ3n) is 3.93.